The molecule has 6 nitrogen and oxygen atoms in total. The van der Waals surface area contributed by atoms with Gasteiger partial charge in [0.1, 0.15) is 11.4 Å². The molecular weight excluding hydrogens is 325 g/mol. The van der Waals surface area contributed by atoms with Gasteiger partial charge in [0, 0.05) is 13.1 Å². The molecule has 0 unspecified atom stereocenters. The van der Waals surface area contributed by atoms with Crippen molar-refractivity contribution in [3.8, 4) is 0 Å². The van der Waals surface area contributed by atoms with Crippen molar-refractivity contribution >= 4 is 17.8 Å². The van der Waals surface area contributed by atoms with E-state index < -0.39 is 5.54 Å². The Morgan fingerprint density at radius 2 is 2.04 bits per heavy atom. The highest BCUT2D eigenvalue weighted by molar-refractivity contribution is 6.07. The van der Waals surface area contributed by atoms with Gasteiger partial charge in [-0.1, -0.05) is 25.0 Å². The fourth-order valence-electron chi connectivity index (χ4n) is 3.56. The second kappa shape index (κ2) is 7.21. The van der Waals surface area contributed by atoms with Crippen LogP contribution in [0.4, 0.5) is 9.18 Å². The van der Waals surface area contributed by atoms with E-state index in [1.807, 2.05) is 0 Å². The summed E-state index contributed by atoms with van der Waals surface area (Å²) in [6, 6.07) is 5.58. The van der Waals surface area contributed by atoms with Crippen LogP contribution in [0.3, 0.4) is 0 Å². The van der Waals surface area contributed by atoms with E-state index in [-0.39, 0.29) is 36.6 Å². The molecule has 0 aromatic heterocycles. The van der Waals surface area contributed by atoms with Crippen LogP contribution in [0.5, 0.6) is 0 Å². The zero-order valence-corrected chi connectivity index (χ0v) is 14.0. The van der Waals surface area contributed by atoms with Crippen molar-refractivity contribution in [2.24, 2.45) is 0 Å². The van der Waals surface area contributed by atoms with Crippen LogP contribution in [0.2, 0.25) is 0 Å². The molecule has 1 aliphatic carbocycles. The van der Waals surface area contributed by atoms with Gasteiger partial charge in [0.25, 0.3) is 5.91 Å². The molecule has 7 heteroatoms. The second-order valence-corrected chi connectivity index (χ2v) is 6.69. The lowest BCUT2D eigenvalue weighted by atomic mass is 9.98. The molecule has 1 spiro atoms. The smallest absolute Gasteiger partial charge is 0.325 e. The first-order valence-electron chi connectivity index (χ1n) is 8.65. The van der Waals surface area contributed by atoms with Gasteiger partial charge in [-0.05, 0) is 37.0 Å². The third-order valence-electron chi connectivity index (χ3n) is 4.84. The maximum absolute atomic E-state index is 13.1. The molecule has 0 bridgehead atoms. The molecule has 25 heavy (non-hydrogen) atoms. The Morgan fingerprint density at radius 3 is 2.76 bits per heavy atom. The van der Waals surface area contributed by atoms with Crippen molar-refractivity contribution < 1.29 is 18.8 Å². The van der Waals surface area contributed by atoms with Crippen LogP contribution in [-0.2, 0) is 16.0 Å². The Hall–Kier alpha value is -2.44. The fourth-order valence-corrected chi connectivity index (χ4v) is 3.56. The highest BCUT2D eigenvalue weighted by Crippen LogP contribution is 2.34. The van der Waals surface area contributed by atoms with E-state index in [0.717, 1.165) is 12.8 Å². The normalized spacial score (nSPS) is 18.7. The molecule has 4 amide bonds. The lowest BCUT2D eigenvalue weighted by Crippen LogP contribution is -2.44. The number of nitrogens with one attached hydrogen (secondary N) is 2. The first-order chi connectivity index (χ1) is 12.0. The number of rotatable bonds is 6. The van der Waals surface area contributed by atoms with Gasteiger partial charge in [0.05, 0.1) is 6.42 Å². The Bertz CT molecular complexity index is 686. The highest BCUT2D eigenvalue weighted by atomic mass is 19.1. The summed E-state index contributed by atoms with van der Waals surface area (Å²) in [5.74, 6) is -0.721. The van der Waals surface area contributed by atoms with Crippen molar-refractivity contribution in [3.63, 3.8) is 0 Å². The number of hydrogen-bond acceptors (Lipinski definition) is 3. The first kappa shape index (κ1) is 17.4. The number of benzene rings is 1. The molecule has 1 aliphatic heterocycles. The molecule has 1 saturated carbocycles. The lowest BCUT2D eigenvalue weighted by Gasteiger charge is -2.20. The average Bonchev–Trinajstić information content (AvgIpc) is 3.11. The van der Waals surface area contributed by atoms with E-state index >= 15 is 0 Å². The Kier molecular flexibility index (Phi) is 5.01. The molecule has 3 rings (SSSR count). The number of amides is 4. The van der Waals surface area contributed by atoms with Crippen molar-refractivity contribution in [1.29, 1.82) is 0 Å². The predicted octanol–water partition coefficient (Wildman–Crippen LogP) is 1.74. The number of urea groups is 1. The van der Waals surface area contributed by atoms with Gasteiger partial charge >= 0.3 is 6.03 Å². The van der Waals surface area contributed by atoms with Crippen molar-refractivity contribution in [1.82, 2.24) is 15.5 Å². The van der Waals surface area contributed by atoms with E-state index in [9.17, 15) is 18.8 Å². The van der Waals surface area contributed by atoms with Crippen LogP contribution in [0.1, 0.15) is 37.7 Å². The number of nitrogens with zero attached hydrogens (tertiary/aromatic N) is 1. The fraction of sp³-hybridized carbons (Fsp3) is 0.500. The molecule has 0 radical (unpaired) electrons. The molecule has 134 valence electrons. The van der Waals surface area contributed by atoms with Gasteiger partial charge in [-0.25, -0.2) is 9.18 Å². The Balaban J connectivity index is 1.42. The number of hydrogen-bond donors (Lipinski definition) is 2. The molecule has 1 heterocycles. The van der Waals surface area contributed by atoms with Gasteiger partial charge < -0.3 is 10.6 Å². The van der Waals surface area contributed by atoms with Crippen molar-refractivity contribution in [2.75, 3.05) is 13.1 Å². The van der Waals surface area contributed by atoms with Crippen LogP contribution in [0.25, 0.3) is 0 Å². The summed E-state index contributed by atoms with van der Waals surface area (Å²) in [6.07, 6.45) is 3.91. The molecule has 2 N–H and O–H groups in total. The standard InChI is InChI=1S/C18H22FN3O3/c19-14-6-3-5-13(11-14)12-15(23)20-9-4-10-22-16(24)18(21-17(22)25)7-1-2-8-18/h3,5-6,11H,1-2,4,7-10,12H2,(H,20,23)(H,21,25). The number of imide groups is 1. The van der Waals surface area contributed by atoms with Gasteiger partial charge in [0.15, 0.2) is 0 Å². The molecular formula is C18H22FN3O3. The molecule has 2 fully saturated rings. The van der Waals surface area contributed by atoms with E-state index in [1.54, 1.807) is 12.1 Å². The minimum absolute atomic E-state index is 0.101. The summed E-state index contributed by atoms with van der Waals surface area (Å²) in [5.41, 5.74) is -0.0766. The Morgan fingerprint density at radius 1 is 1.28 bits per heavy atom. The number of carbonyl (C=O) groups excluding carboxylic acids is 3. The SMILES string of the molecule is O=C(Cc1cccc(F)c1)NCCCN1C(=O)NC2(CCCC2)C1=O. The zero-order chi connectivity index (χ0) is 17.9. The van der Waals surface area contributed by atoms with Crippen LogP contribution in [0, 0.1) is 5.82 Å². The van der Waals surface area contributed by atoms with E-state index in [4.69, 9.17) is 0 Å². The topological polar surface area (TPSA) is 78.5 Å². The maximum atomic E-state index is 13.1. The van der Waals surface area contributed by atoms with Gasteiger partial charge in [-0.15, -0.1) is 0 Å². The summed E-state index contributed by atoms with van der Waals surface area (Å²) in [6.45, 7) is 0.644. The van der Waals surface area contributed by atoms with Crippen LogP contribution in [0.15, 0.2) is 24.3 Å². The second-order valence-electron chi connectivity index (χ2n) is 6.69. The zero-order valence-electron chi connectivity index (χ0n) is 14.0. The molecule has 0 atom stereocenters. The van der Waals surface area contributed by atoms with Crippen LogP contribution >= 0.6 is 0 Å². The van der Waals surface area contributed by atoms with E-state index in [1.165, 1.54) is 17.0 Å². The molecule has 1 saturated heterocycles. The number of halogens is 1. The van der Waals surface area contributed by atoms with E-state index in [2.05, 4.69) is 10.6 Å². The summed E-state index contributed by atoms with van der Waals surface area (Å²) in [7, 11) is 0. The van der Waals surface area contributed by atoms with Crippen molar-refractivity contribution in [2.45, 2.75) is 44.1 Å². The average molecular weight is 347 g/mol. The molecule has 2 aliphatic rings. The molecule has 1 aromatic carbocycles. The van der Waals surface area contributed by atoms with Crippen LogP contribution < -0.4 is 10.6 Å². The summed E-state index contributed by atoms with van der Waals surface area (Å²) in [4.78, 5) is 37.6. The highest BCUT2D eigenvalue weighted by Gasteiger charge is 2.51. The van der Waals surface area contributed by atoms with Crippen LogP contribution in [-0.4, -0.2) is 41.4 Å². The largest absolute Gasteiger partial charge is 0.356 e. The van der Waals surface area contributed by atoms with Gasteiger partial charge in [-0.3, -0.25) is 14.5 Å². The van der Waals surface area contributed by atoms with Gasteiger partial charge in [-0.2, -0.15) is 0 Å². The molecule has 1 aromatic rings. The summed E-state index contributed by atoms with van der Waals surface area (Å²) in [5, 5.41) is 5.57. The van der Waals surface area contributed by atoms with E-state index in [0.29, 0.717) is 31.4 Å². The Labute approximate surface area is 145 Å². The monoisotopic (exact) mass is 347 g/mol. The van der Waals surface area contributed by atoms with Gasteiger partial charge in [0.2, 0.25) is 5.91 Å². The third-order valence-corrected chi connectivity index (χ3v) is 4.84. The number of carbonyl (C=O) groups is 3. The minimum atomic E-state index is -0.683. The summed E-state index contributed by atoms with van der Waals surface area (Å²) < 4.78 is 13.1. The third kappa shape index (κ3) is 3.81. The predicted molar refractivity (Wildman–Crippen MR) is 89.2 cm³/mol. The maximum Gasteiger partial charge on any atom is 0.325 e. The lowest BCUT2D eigenvalue weighted by molar-refractivity contribution is -0.131. The van der Waals surface area contributed by atoms with Crippen molar-refractivity contribution in [3.05, 3.63) is 35.6 Å². The quantitative estimate of drug-likeness (QED) is 0.608. The minimum Gasteiger partial charge on any atom is -0.356 e. The first-order valence-corrected chi connectivity index (χ1v) is 8.65. The summed E-state index contributed by atoms with van der Waals surface area (Å²) >= 11 is 0.